The van der Waals surface area contributed by atoms with Crippen LogP contribution in [0.25, 0.3) is 0 Å². The number of rotatable bonds is 8. The normalized spacial score (nSPS) is 11.9. The number of hydrogen-bond acceptors (Lipinski definition) is 4. The van der Waals surface area contributed by atoms with Crippen LogP contribution < -0.4 is 4.74 Å². The van der Waals surface area contributed by atoms with Gasteiger partial charge >= 0.3 is 0 Å². The lowest BCUT2D eigenvalue weighted by Crippen LogP contribution is -2.15. The molecule has 1 N–H and O–H groups in total. The smallest absolute Gasteiger partial charge is 0.210 e. The van der Waals surface area contributed by atoms with E-state index in [4.69, 9.17) is 16.3 Å². The van der Waals surface area contributed by atoms with E-state index >= 15 is 0 Å². The summed E-state index contributed by atoms with van der Waals surface area (Å²) in [6.07, 6.45) is 0.256. The van der Waals surface area contributed by atoms with Crippen molar-refractivity contribution in [2.24, 2.45) is 0 Å². The third-order valence-corrected chi connectivity index (χ3v) is 3.83. The van der Waals surface area contributed by atoms with E-state index in [0.717, 1.165) is 5.56 Å². The average molecular weight is 336 g/mol. The molecule has 0 saturated carbocycles. The zero-order valence-electron chi connectivity index (χ0n) is 12.5. The van der Waals surface area contributed by atoms with E-state index in [-0.39, 0.29) is 19.6 Å². The van der Waals surface area contributed by atoms with Crippen molar-refractivity contribution in [2.45, 2.75) is 18.9 Å². The molecule has 0 saturated heterocycles. The van der Waals surface area contributed by atoms with Gasteiger partial charge in [-0.05, 0) is 24.1 Å². The van der Waals surface area contributed by atoms with Crippen LogP contribution in [-0.2, 0) is 6.61 Å². The molecule has 0 aromatic heterocycles. The number of halogens is 1. The molecule has 0 radical (unpaired) electrons. The minimum atomic E-state index is -0.491. The van der Waals surface area contributed by atoms with Crippen molar-refractivity contribution in [1.82, 2.24) is 0 Å². The maximum atomic E-state index is 10.9. The fourth-order valence-corrected chi connectivity index (χ4v) is 2.76. The third-order valence-electron chi connectivity index (χ3n) is 3.51. The Bertz CT molecular complexity index is 648. The summed E-state index contributed by atoms with van der Waals surface area (Å²) in [5.41, 5.74) is 1.57. The van der Waals surface area contributed by atoms with E-state index in [1.165, 1.54) is 0 Å². The summed E-state index contributed by atoms with van der Waals surface area (Å²) in [6.45, 7) is -0.105. The van der Waals surface area contributed by atoms with Gasteiger partial charge in [-0.1, -0.05) is 48.0 Å². The van der Waals surface area contributed by atoms with Crippen molar-refractivity contribution >= 4 is 11.6 Å². The Morgan fingerprint density at radius 3 is 2.57 bits per heavy atom. The Morgan fingerprint density at radius 2 is 1.91 bits per heavy atom. The van der Waals surface area contributed by atoms with Crippen molar-refractivity contribution in [2.75, 3.05) is 13.2 Å². The molecular weight excluding hydrogens is 318 g/mol. The van der Waals surface area contributed by atoms with Crippen LogP contribution in [-0.4, -0.2) is 23.2 Å². The standard InChI is InChI=1S/C17H18ClNO4/c18-15-7-4-8-16(23-12-13-5-2-1-3-6-13)17(15)14(9-10-20)11-19(21)22/h1-8,14,20H,9-12H2. The highest BCUT2D eigenvalue weighted by Gasteiger charge is 2.24. The Labute approximate surface area is 139 Å². The third kappa shape index (κ3) is 4.94. The Balaban J connectivity index is 2.25. The van der Waals surface area contributed by atoms with Gasteiger partial charge in [0.2, 0.25) is 6.54 Å². The van der Waals surface area contributed by atoms with Gasteiger partial charge in [-0.25, -0.2) is 0 Å². The maximum absolute atomic E-state index is 10.9. The second-order valence-electron chi connectivity index (χ2n) is 5.15. The summed E-state index contributed by atoms with van der Waals surface area (Å²) in [6, 6.07) is 14.8. The van der Waals surface area contributed by atoms with E-state index in [0.29, 0.717) is 22.9 Å². The highest BCUT2D eigenvalue weighted by molar-refractivity contribution is 6.31. The van der Waals surface area contributed by atoms with E-state index < -0.39 is 10.8 Å². The van der Waals surface area contributed by atoms with Crippen LogP contribution in [0, 0.1) is 10.1 Å². The molecule has 122 valence electrons. The van der Waals surface area contributed by atoms with Crippen molar-refractivity contribution in [3.63, 3.8) is 0 Å². The van der Waals surface area contributed by atoms with Gasteiger partial charge in [-0.15, -0.1) is 0 Å². The molecule has 0 spiro atoms. The molecule has 0 heterocycles. The van der Waals surface area contributed by atoms with Gasteiger partial charge in [-0.3, -0.25) is 10.1 Å². The number of aliphatic hydroxyl groups is 1. The van der Waals surface area contributed by atoms with Crippen LogP contribution in [0.4, 0.5) is 0 Å². The van der Waals surface area contributed by atoms with Crippen LogP contribution >= 0.6 is 11.6 Å². The lowest BCUT2D eigenvalue weighted by Gasteiger charge is -2.18. The topological polar surface area (TPSA) is 72.6 Å². The number of nitrogens with zero attached hydrogens (tertiary/aromatic N) is 1. The molecule has 1 unspecified atom stereocenters. The Kier molecular flexibility index (Phi) is 6.38. The molecular formula is C17H18ClNO4. The Morgan fingerprint density at radius 1 is 1.17 bits per heavy atom. The molecule has 23 heavy (non-hydrogen) atoms. The second kappa shape index (κ2) is 8.50. The molecule has 5 nitrogen and oxygen atoms in total. The minimum Gasteiger partial charge on any atom is -0.489 e. The maximum Gasteiger partial charge on any atom is 0.210 e. The average Bonchev–Trinajstić information content (AvgIpc) is 2.53. The van der Waals surface area contributed by atoms with E-state index in [2.05, 4.69) is 0 Å². The number of nitro groups is 1. The van der Waals surface area contributed by atoms with E-state index in [1.807, 2.05) is 30.3 Å². The van der Waals surface area contributed by atoms with E-state index in [1.54, 1.807) is 18.2 Å². The molecule has 0 bridgehead atoms. The fraction of sp³-hybridized carbons (Fsp3) is 0.294. The first kappa shape index (κ1) is 17.2. The number of benzene rings is 2. The van der Waals surface area contributed by atoms with Crippen LogP contribution in [0.2, 0.25) is 5.02 Å². The summed E-state index contributed by atoms with van der Waals surface area (Å²) in [7, 11) is 0. The summed E-state index contributed by atoms with van der Waals surface area (Å²) in [5.74, 6) is 0.0242. The van der Waals surface area contributed by atoms with Crippen molar-refractivity contribution < 1.29 is 14.8 Å². The lowest BCUT2D eigenvalue weighted by atomic mass is 9.95. The first-order valence-corrected chi connectivity index (χ1v) is 7.67. The highest BCUT2D eigenvalue weighted by Crippen LogP contribution is 2.35. The summed E-state index contributed by atoms with van der Waals surface area (Å²) < 4.78 is 5.82. The molecule has 0 amide bonds. The molecule has 2 rings (SSSR count). The molecule has 1 atom stereocenters. The van der Waals surface area contributed by atoms with Crippen LogP contribution in [0.3, 0.4) is 0 Å². The SMILES string of the molecule is O=[N+]([O-])CC(CCO)c1c(Cl)cccc1OCc1ccccc1. The minimum absolute atomic E-state index is 0.151. The molecule has 0 aliphatic carbocycles. The fourth-order valence-electron chi connectivity index (χ4n) is 2.44. The number of hydrogen-bond donors (Lipinski definition) is 1. The quantitative estimate of drug-likeness (QED) is 0.590. The van der Waals surface area contributed by atoms with Gasteiger partial charge in [0.15, 0.2) is 0 Å². The molecule has 2 aromatic rings. The van der Waals surface area contributed by atoms with Crippen molar-refractivity contribution in [3.8, 4) is 5.75 Å². The van der Waals surface area contributed by atoms with Gasteiger partial charge in [0.25, 0.3) is 0 Å². The lowest BCUT2D eigenvalue weighted by molar-refractivity contribution is -0.483. The summed E-state index contributed by atoms with van der Waals surface area (Å²) >= 11 is 6.24. The molecule has 2 aromatic carbocycles. The molecule has 0 aliphatic rings. The highest BCUT2D eigenvalue weighted by atomic mass is 35.5. The van der Waals surface area contributed by atoms with Gasteiger partial charge < -0.3 is 9.84 Å². The second-order valence-corrected chi connectivity index (χ2v) is 5.56. The number of ether oxygens (including phenoxy) is 1. The summed E-state index contributed by atoms with van der Waals surface area (Å²) in [4.78, 5) is 10.5. The van der Waals surface area contributed by atoms with E-state index in [9.17, 15) is 15.2 Å². The first-order chi connectivity index (χ1) is 11.1. The molecule has 0 fully saturated rings. The van der Waals surface area contributed by atoms with Gasteiger partial charge in [-0.2, -0.15) is 0 Å². The molecule has 6 heteroatoms. The van der Waals surface area contributed by atoms with Crippen LogP contribution in [0.1, 0.15) is 23.5 Å². The van der Waals surface area contributed by atoms with Crippen molar-refractivity contribution in [1.29, 1.82) is 0 Å². The monoisotopic (exact) mass is 335 g/mol. The molecule has 0 aliphatic heterocycles. The van der Waals surface area contributed by atoms with Gasteiger partial charge in [0.05, 0.1) is 5.92 Å². The van der Waals surface area contributed by atoms with Crippen LogP contribution in [0.5, 0.6) is 5.75 Å². The van der Waals surface area contributed by atoms with Crippen LogP contribution in [0.15, 0.2) is 48.5 Å². The van der Waals surface area contributed by atoms with Gasteiger partial charge in [0, 0.05) is 22.1 Å². The largest absolute Gasteiger partial charge is 0.489 e. The predicted octanol–water partition coefficient (Wildman–Crippen LogP) is 3.66. The van der Waals surface area contributed by atoms with Gasteiger partial charge in [0.1, 0.15) is 12.4 Å². The predicted molar refractivity (Wildman–Crippen MR) is 88.5 cm³/mol. The van der Waals surface area contributed by atoms with Crippen molar-refractivity contribution in [3.05, 3.63) is 74.8 Å². The Hall–Kier alpha value is -2.11. The summed E-state index contributed by atoms with van der Waals surface area (Å²) in [5, 5.41) is 20.5. The zero-order valence-corrected chi connectivity index (χ0v) is 13.3. The zero-order chi connectivity index (χ0) is 16.7. The number of aliphatic hydroxyl groups excluding tert-OH is 1. The first-order valence-electron chi connectivity index (χ1n) is 7.29.